The van der Waals surface area contributed by atoms with Crippen molar-refractivity contribution in [2.24, 2.45) is 0 Å². The van der Waals surface area contributed by atoms with E-state index in [2.05, 4.69) is 20.2 Å². The predicted octanol–water partition coefficient (Wildman–Crippen LogP) is 2.50. The Balaban J connectivity index is 1.65. The molecule has 1 N–H and O–H groups in total. The first-order valence-corrected chi connectivity index (χ1v) is 9.27. The first-order valence-electron chi connectivity index (χ1n) is 8.04. The number of ether oxygens (including phenoxy) is 2. The Morgan fingerprint density at radius 3 is 2.89 bits per heavy atom. The van der Waals surface area contributed by atoms with Crippen LogP contribution in [0.15, 0.2) is 38.6 Å². The van der Waals surface area contributed by atoms with Crippen LogP contribution in [0, 0.1) is 6.92 Å². The second kappa shape index (κ2) is 5.88. The summed E-state index contributed by atoms with van der Waals surface area (Å²) >= 11 is 1.43. The fraction of sp³-hybridized carbons (Fsp3) is 0.176. The molecule has 5 rings (SSSR count). The Morgan fingerprint density at radius 1 is 1.19 bits per heavy atom. The molecule has 0 unspecified atom stereocenters. The maximum atomic E-state index is 12.2. The third-order valence-corrected chi connectivity index (χ3v) is 4.89. The lowest BCUT2D eigenvalue weighted by molar-refractivity contribution is 0.174. The minimum absolute atomic E-state index is 0.197. The summed E-state index contributed by atoms with van der Waals surface area (Å²) in [6, 6.07) is 6.90. The van der Waals surface area contributed by atoms with Crippen molar-refractivity contribution in [3.05, 3.63) is 40.3 Å². The fourth-order valence-corrected chi connectivity index (χ4v) is 3.52. The molecule has 0 fully saturated rings. The highest BCUT2D eigenvalue weighted by Gasteiger charge is 2.23. The molecule has 4 aromatic rings. The zero-order valence-electron chi connectivity index (χ0n) is 14.3. The normalized spacial score (nSPS) is 12.8. The van der Waals surface area contributed by atoms with E-state index in [1.54, 1.807) is 19.1 Å². The minimum Gasteiger partial charge on any atom is -0.454 e. The Bertz CT molecular complexity index is 1240. The van der Waals surface area contributed by atoms with Crippen LogP contribution >= 0.6 is 11.8 Å². The number of fused-ring (bicyclic) bond motifs is 2. The van der Waals surface area contributed by atoms with Crippen LogP contribution in [-0.4, -0.2) is 37.8 Å². The smallest absolute Gasteiger partial charge is 0.272 e. The number of hydrogen-bond acceptors (Lipinski definition) is 8. The van der Waals surface area contributed by atoms with Gasteiger partial charge in [0, 0.05) is 17.3 Å². The summed E-state index contributed by atoms with van der Waals surface area (Å²) in [7, 11) is 0. The summed E-state index contributed by atoms with van der Waals surface area (Å²) < 4.78 is 17.6. The maximum Gasteiger partial charge on any atom is 0.272 e. The van der Waals surface area contributed by atoms with E-state index in [1.165, 1.54) is 22.3 Å². The van der Waals surface area contributed by atoms with E-state index < -0.39 is 0 Å². The number of hydrogen-bond donors (Lipinski definition) is 1. The van der Waals surface area contributed by atoms with Crippen molar-refractivity contribution >= 4 is 17.4 Å². The Hall–Kier alpha value is -3.27. The van der Waals surface area contributed by atoms with Crippen LogP contribution < -0.4 is 15.0 Å². The van der Waals surface area contributed by atoms with Crippen molar-refractivity contribution in [3.63, 3.8) is 0 Å². The van der Waals surface area contributed by atoms with Crippen molar-refractivity contribution in [2.45, 2.75) is 11.9 Å². The highest BCUT2D eigenvalue weighted by atomic mass is 32.2. The molecule has 10 heteroatoms. The largest absolute Gasteiger partial charge is 0.454 e. The van der Waals surface area contributed by atoms with E-state index >= 15 is 0 Å². The third-order valence-electron chi connectivity index (χ3n) is 4.19. The molecule has 9 nitrogen and oxygen atoms in total. The molecule has 136 valence electrons. The number of nitrogens with zero attached hydrogens (tertiary/aromatic N) is 4. The van der Waals surface area contributed by atoms with Gasteiger partial charge in [0.1, 0.15) is 10.6 Å². The lowest BCUT2D eigenvalue weighted by Gasteiger charge is -1.97. The number of nitrogens with one attached hydrogen (secondary N) is 1. The second-order valence-electron chi connectivity index (χ2n) is 5.91. The lowest BCUT2D eigenvalue weighted by Crippen LogP contribution is -2.14. The second-order valence-corrected chi connectivity index (χ2v) is 6.72. The molecule has 0 aliphatic carbocycles. The summed E-state index contributed by atoms with van der Waals surface area (Å²) in [5.41, 5.74) is 2.20. The van der Waals surface area contributed by atoms with E-state index in [0.29, 0.717) is 39.3 Å². The number of thioether (sulfide) groups is 1. The molecular formula is C17H13N5O4S. The standard InChI is InChI=1S/C17H13N5O4S/c1-8-5-12(23)22-15(18-8)13(17(20-22)27-2)16-19-14(21-26-16)9-3-4-10-11(6-9)25-7-24-10/h3-6,20H,7H2,1-2H3. The zero-order chi connectivity index (χ0) is 18.5. The molecule has 0 amide bonds. The van der Waals surface area contributed by atoms with E-state index in [1.807, 2.05) is 12.3 Å². The van der Waals surface area contributed by atoms with Crippen LogP contribution in [0.4, 0.5) is 0 Å². The molecule has 0 saturated carbocycles. The quantitative estimate of drug-likeness (QED) is 0.538. The van der Waals surface area contributed by atoms with Gasteiger partial charge in [-0.2, -0.15) is 9.50 Å². The highest BCUT2D eigenvalue weighted by Crippen LogP contribution is 2.36. The van der Waals surface area contributed by atoms with Crippen LogP contribution in [0.5, 0.6) is 11.5 Å². The first kappa shape index (κ1) is 15.9. The third kappa shape index (κ3) is 2.48. The summed E-state index contributed by atoms with van der Waals surface area (Å²) in [4.78, 5) is 21.2. The average Bonchev–Trinajstić information content (AvgIpc) is 3.38. The van der Waals surface area contributed by atoms with Gasteiger partial charge < -0.3 is 14.0 Å². The first-order chi connectivity index (χ1) is 13.1. The molecule has 4 heterocycles. The number of aromatic nitrogens is 5. The lowest BCUT2D eigenvalue weighted by atomic mass is 10.2. The van der Waals surface area contributed by atoms with Gasteiger partial charge in [0.15, 0.2) is 17.1 Å². The number of aryl methyl sites for hydroxylation is 1. The molecule has 1 aromatic carbocycles. The van der Waals surface area contributed by atoms with Crippen LogP contribution in [-0.2, 0) is 0 Å². The summed E-state index contributed by atoms with van der Waals surface area (Å²) in [6.07, 6.45) is 1.89. The molecule has 0 atom stereocenters. The number of aromatic amines is 1. The van der Waals surface area contributed by atoms with Crippen LogP contribution in [0.1, 0.15) is 5.69 Å². The number of H-pyrrole nitrogens is 1. The highest BCUT2D eigenvalue weighted by molar-refractivity contribution is 7.98. The Labute approximate surface area is 156 Å². The summed E-state index contributed by atoms with van der Waals surface area (Å²) in [5, 5.41) is 7.82. The molecule has 27 heavy (non-hydrogen) atoms. The van der Waals surface area contributed by atoms with Gasteiger partial charge in [-0.1, -0.05) is 5.16 Å². The van der Waals surface area contributed by atoms with Crippen LogP contribution in [0.3, 0.4) is 0 Å². The van der Waals surface area contributed by atoms with Crippen molar-refractivity contribution in [3.8, 4) is 34.3 Å². The number of rotatable bonds is 3. The van der Waals surface area contributed by atoms with Crippen molar-refractivity contribution in [1.82, 2.24) is 24.7 Å². The van der Waals surface area contributed by atoms with E-state index in [4.69, 9.17) is 14.0 Å². The van der Waals surface area contributed by atoms with Crippen molar-refractivity contribution < 1.29 is 14.0 Å². The van der Waals surface area contributed by atoms with Crippen LogP contribution in [0.25, 0.3) is 28.5 Å². The molecule has 1 aliphatic rings. The average molecular weight is 383 g/mol. The molecule has 0 saturated heterocycles. The van der Waals surface area contributed by atoms with Gasteiger partial charge in [-0.25, -0.2) is 4.98 Å². The fourth-order valence-electron chi connectivity index (χ4n) is 2.95. The molecule has 0 spiro atoms. The Kier molecular flexibility index (Phi) is 3.47. The molecule has 0 bridgehead atoms. The van der Waals surface area contributed by atoms with Crippen molar-refractivity contribution in [1.29, 1.82) is 0 Å². The van der Waals surface area contributed by atoms with E-state index in [0.717, 1.165) is 5.56 Å². The summed E-state index contributed by atoms with van der Waals surface area (Å²) in [5.74, 6) is 2.01. The predicted molar refractivity (Wildman–Crippen MR) is 97.2 cm³/mol. The number of benzene rings is 1. The van der Waals surface area contributed by atoms with Crippen LogP contribution in [0.2, 0.25) is 0 Å². The van der Waals surface area contributed by atoms with Gasteiger partial charge >= 0.3 is 0 Å². The SMILES string of the molecule is CSc1[nH]n2c(=O)cc(C)nc2c1-c1nc(-c2ccc3c(c2)OCO3)no1. The molecule has 0 radical (unpaired) electrons. The van der Waals surface area contributed by atoms with Gasteiger partial charge in [-0.05, 0) is 31.4 Å². The molecule has 1 aliphatic heterocycles. The minimum atomic E-state index is -0.199. The van der Waals surface area contributed by atoms with Gasteiger partial charge in [0.25, 0.3) is 11.4 Å². The van der Waals surface area contributed by atoms with Gasteiger partial charge in [-0.3, -0.25) is 9.89 Å². The van der Waals surface area contributed by atoms with Crippen molar-refractivity contribution in [2.75, 3.05) is 13.0 Å². The van der Waals surface area contributed by atoms with Gasteiger partial charge in [-0.15, -0.1) is 11.8 Å². The van der Waals surface area contributed by atoms with Gasteiger partial charge in [0.2, 0.25) is 12.6 Å². The van der Waals surface area contributed by atoms with E-state index in [9.17, 15) is 4.79 Å². The van der Waals surface area contributed by atoms with Gasteiger partial charge in [0.05, 0.1) is 0 Å². The Morgan fingerprint density at radius 2 is 2.04 bits per heavy atom. The monoisotopic (exact) mass is 383 g/mol. The van der Waals surface area contributed by atoms with E-state index in [-0.39, 0.29) is 18.2 Å². The molecular weight excluding hydrogens is 370 g/mol. The maximum absolute atomic E-state index is 12.2. The summed E-state index contributed by atoms with van der Waals surface area (Å²) in [6.45, 7) is 1.96. The topological polar surface area (TPSA) is 108 Å². The zero-order valence-corrected chi connectivity index (χ0v) is 15.2. The molecule has 3 aromatic heterocycles.